The Bertz CT molecular complexity index is 1590. The molecular formula is C27H24N4O4. The van der Waals surface area contributed by atoms with Crippen LogP contribution in [-0.4, -0.2) is 31.7 Å². The third kappa shape index (κ3) is 4.50. The van der Waals surface area contributed by atoms with Crippen molar-refractivity contribution in [2.24, 2.45) is 7.05 Å². The van der Waals surface area contributed by atoms with Gasteiger partial charge in [0.1, 0.15) is 5.75 Å². The van der Waals surface area contributed by atoms with Gasteiger partial charge in [-0.05, 0) is 36.2 Å². The van der Waals surface area contributed by atoms with E-state index >= 15 is 0 Å². The molecule has 0 bridgehead atoms. The second kappa shape index (κ2) is 9.42. The molecular weight excluding hydrogens is 444 g/mol. The number of hydrogen-bond donors (Lipinski definition) is 0. The van der Waals surface area contributed by atoms with Crippen LogP contribution in [0, 0.1) is 6.92 Å². The molecule has 0 N–H and O–H groups in total. The number of fused-ring (bicyclic) bond motifs is 3. The summed E-state index contributed by atoms with van der Waals surface area (Å²) in [4.78, 5) is 25.2. The molecule has 35 heavy (non-hydrogen) atoms. The SMILES string of the molecule is Cc1ccc2c(c1)c(=O)n(C)c1nnc(COC(=O)COc3ccccc3Cc3ccccc3)n21. The Morgan fingerprint density at radius 3 is 2.57 bits per heavy atom. The highest BCUT2D eigenvalue weighted by Gasteiger charge is 2.16. The summed E-state index contributed by atoms with van der Waals surface area (Å²) in [5, 5.41) is 8.83. The summed E-state index contributed by atoms with van der Waals surface area (Å²) in [5.41, 5.74) is 3.62. The van der Waals surface area contributed by atoms with E-state index in [2.05, 4.69) is 22.3 Å². The molecule has 2 heterocycles. The van der Waals surface area contributed by atoms with E-state index in [1.165, 1.54) is 4.57 Å². The number of ether oxygens (including phenoxy) is 2. The van der Waals surface area contributed by atoms with Crippen molar-refractivity contribution in [1.29, 1.82) is 0 Å². The zero-order valence-electron chi connectivity index (χ0n) is 19.5. The number of para-hydroxylation sites is 1. The lowest BCUT2D eigenvalue weighted by atomic mass is 10.0. The minimum absolute atomic E-state index is 0.101. The topological polar surface area (TPSA) is 87.7 Å². The summed E-state index contributed by atoms with van der Waals surface area (Å²) >= 11 is 0. The molecule has 0 amide bonds. The average molecular weight is 469 g/mol. The standard InChI is InChI=1S/C27H24N4O4/c1-18-12-13-22-21(14-18)26(33)30(2)27-29-28-24(31(22)27)16-35-25(32)17-34-23-11-7-6-10-20(23)15-19-8-4-3-5-9-19/h3-14H,15-17H2,1-2H3. The zero-order valence-corrected chi connectivity index (χ0v) is 19.5. The van der Waals surface area contributed by atoms with Crippen molar-refractivity contribution >= 4 is 22.6 Å². The fraction of sp³-hybridized carbons (Fsp3) is 0.185. The van der Waals surface area contributed by atoms with Gasteiger partial charge in [-0.3, -0.25) is 13.8 Å². The number of aromatic nitrogens is 4. The van der Waals surface area contributed by atoms with E-state index in [0.717, 1.165) is 16.7 Å². The average Bonchev–Trinajstić information content (AvgIpc) is 3.30. The molecule has 8 nitrogen and oxygen atoms in total. The van der Waals surface area contributed by atoms with Crippen LogP contribution < -0.4 is 10.3 Å². The molecule has 3 aromatic carbocycles. The van der Waals surface area contributed by atoms with Crippen molar-refractivity contribution in [2.45, 2.75) is 20.0 Å². The lowest BCUT2D eigenvalue weighted by Gasteiger charge is -2.12. The van der Waals surface area contributed by atoms with Gasteiger partial charge in [-0.2, -0.15) is 0 Å². The molecule has 0 aliphatic carbocycles. The molecule has 0 aliphatic heterocycles. The molecule has 5 aromatic rings. The third-order valence-electron chi connectivity index (χ3n) is 5.86. The van der Waals surface area contributed by atoms with E-state index < -0.39 is 5.97 Å². The van der Waals surface area contributed by atoms with Gasteiger partial charge in [0.05, 0.1) is 10.9 Å². The maximum Gasteiger partial charge on any atom is 0.344 e. The second-order valence-corrected chi connectivity index (χ2v) is 8.36. The molecule has 0 radical (unpaired) electrons. The molecule has 5 rings (SSSR count). The summed E-state index contributed by atoms with van der Waals surface area (Å²) in [6.07, 6.45) is 0.697. The highest BCUT2D eigenvalue weighted by Crippen LogP contribution is 2.22. The molecule has 0 atom stereocenters. The molecule has 0 fully saturated rings. The van der Waals surface area contributed by atoms with Crippen LogP contribution in [0.5, 0.6) is 5.75 Å². The number of hydrogen-bond acceptors (Lipinski definition) is 6. The molecule has 176 valence electrons. The molecule has 0 spiro atoms. The normalized spacial score (nSPS) is 11.1. The Morgan fingerprint density at radius 1 is 0.971 bits per heavy atom. The smallest absolute Gasteiger partial charge is 0.344 e. The van der Waals surface area contributed by atoms with Crippen LogP contribution in [-0.2, 0) is 29.6 Å². The quantitative estimate of drug-likeness (QED) is 0.339. The second-order valence-electron chi connectivity index (χ2n) is 8.36. The summed E-state index contributed by atoms with van der Waals surface area (Å²) in [6.45, 7) is 1.59. The number of nitrogens with zero attached hydrogens (tertiary/aromatic N) is 4. The van der Waals surface area contributed by atoms with Gasteiger partial charge < -0.3 is 9.47 Å². The van der Waals surface area contributed by atoms with Crippen molar-refractivity contribution in [1.82, 2.24) is 19.2 Å². The first-order valence-corrected chi connectivity index (χ1v) is 11.2. The molecule has 0 unspecified atom stereocenters. The van der Waals surface area contributed by atoms with Gasteiger partial charge >= 0.3 is 5.97 Å². The van der Waals surface area contributed by atoms with Gasteiger partial charge in [0, 0.05) is 13.5 Å². The van der Waals surface area contributed by atoms with E-state index in [0.29, 0.717) is 34.7 Å². The monoisotopic (exact) mass is 468 g/mol. The van der Waals surface area contributed by atoms with E-state index in [1.807, 2.05) is 67.6 Å². The van der Waals surface area contributed by atoms with Crippen LogP contribution in [0.25, 0.3) is 16.7 Å². The molecule has 0 saturated carbocycles. The van der Waals surface area contributed by atoms with Gasteiger partial charge in [-0.15, -0.1) is 10.2 Å². The Labute approximate surface area is 201 Å². The predicted molar refractivity (Wildman–Crippen MR) is 131 cm³/mol. The number of rotatable bonds is 7. The first-order chi connectivity index (χ1) is 17.0. The van der Waals surface area contributed by atoms with E-state index in [9.17, 15) is 9.59 Å². The van der Waals surface area contributed by atoms with Crippen LogP contribution in [0.15, 0.2) is 77.6 Å². The number of esters is 1. The summed E-state index contributed by atoms with van der Waals surface area (Å²) in [7, 11) is 1.64. The van der Waals surface area contributed by atoms with Crippen LogP contribution in [0.4, 0.5) is 0 Å². The van der Waals surface area contributed by atoms with E-state index in [-0.39, 0.29) is 18.8 Å². The van der Waals surface area contributed by atoms with Crippen molar-refractivity contribution in [3.05, 3.63) is 106 Å². The largest absolute Gasteiger partial charge is 0.482 e. The summed E-state index contributed by atoms with van der Waals surface area (Å²) in [6, 6.07) is 23.3. The van der Waals surface area contributed by atoms with Crippen molar-refractivity contribution in [3.8, 4) is 5.75 Å². The number of carbonyl (C=O) groups excluding carboxylic acids is 1. The molecule has 0 saturated heterocycles. The van der Waals surface area contributed by atoms with Crippen LogP contribution in [0.3, 0.4) is 0 Å². The zero-order chi connectivity index (χ0) is 24.4. The highest BCUT2D eigenvalue weighted by atomic mass is 16.6. The lowest BCUT2D eigenvalue weighted by Crippen LogP contribution is -2.21. The maximum atomic E-state index is 12.7. The Hall–Kier alpha value is -4.46. The van der Waals surface area contributed by atoms with Gasteiger partial charge in [0.15, 0.2) is 19.0 Å². The minimum atomic E-state index is -0.527. The minimum Gasteiger partial charge on any atom is -0.482 e. The summed E-state index contributed by atoms with van der Waals surface area (Å²) in [5.74, 6) is 0.907. The van der Waals surface area contributed by atoms with Crippen molar-refractivity contribution in [2.75, 3.05) is 6.61 Å². The lowest BCUT2D eigenvalue weighted by molar-refractivity contribution is -0.147. The first-order valence-electron chi connectivity index (χ1n) is 11.2. The fourth-order valence-electron chi connectivity index (χ4n) is 4.08. The van der Waals surface area contributed by atoms with Gasteiger partial charge in [0.25, 0.3) is 5.56 Å². The fourth-order valence-corrected chi connectivity index (χ4v) is 4.08. The van der Waals surface area contributed by atoms with Gasteiger partial charge in [-0.25, -0.2) is 4.79 Å². The van der Waals surface area contributed by atoms with Crippen molar-refractivity contribution < 1.29 is 14.3 Å². The first kappa shape index (κ1) is 22.3. The molecule has 8 heteroatoms. The Kier molecular flexibility index (Phi) is 6.01. The van der Waals surface area contributed by atoms with Gasteiger partial charge in [-0.1, -0.05) is 60.2 Å². The third-order valence-corrected chi connectivity index (χ3v) is 5.86. The number of carbonyl (C=O) groups is 1. The summed E-state index contributed by atoms with van der Waals surface area (Å²) < 4.78 is 14.4. The predicted octanol–water partition coefficient (Wildman–Crippen LogP) is 3.60. The number of benzene rings is 3. The highest BCUT2D eigenvalue weighted by molar-refractivity contribution is 5.81. The van der Waals surface area contributed by atoms with Crippen LogP contribution >= 0.6 is 0 Å². The van der Waals surface area contributed by atoms with Crippen LogP contribution in [0.1, 0.15) is 22.5 Å². The van der Waals surface area contributed by atoms with Crippen LogP contribution in [0.2, 0.25) is 0 Å². The van der Waals surface area contributed by atoms with E-state index in [1.54, 1.807) is 11.4 Å². The molecule has 0 aliphatic rings. The molecule has 2 aromatic heterocycles. The number of aryl methyl sites for hydroxylation is 2. The Balaban J connectivity index is 1.30. The Morgan fingerprint density at radius 2 is 1.74 bits per heavy atom. The maximum absolute atomic E-state index is 12.7. The van der Waals surface area contributed by atoms with E-state index in [4.69, 9.17) is 9.47 Å². The van der Waals surface area contributed by atoms with Crippen molar-refractivity contribution in [3.63, 3.8) is 0 Å². The van der Waals surface area contributed by atoms with Gasteiger partial charge in [0.2, 0.25) is 5.78 Å².